The lowest BCUT2D eigenvalue weighted by Gasteiger charge is -2.19. The van der Waals surface area contributed by atoms with Crippen molar-refractivity contribution >= 4 is 109 Å². The smallest absolute Gasteiger partial charge is 0.114 e. The van der Waals surface area contributed by atoms with Crippen LogP contribution in [0.25, 0.3) is 148 Å². The van der Waals surface area contributed by atoms with Gasteiger partial charge < -0.3 is 8.80 Å². The average molecular weight is 877 g/mol. The predicted octanol–water partition coefficient (Wildman–Crippen LogP) is 17.2. The topological polar surface area (TPSA) is 26.6 Å². The molecule has 0 amide bonds. The highest BCUT2D eigenvalue weighted by molar-refractivity contribution is 6.31. The highest BCUT2D eigenvalue weighted by atomic mass is 15.1. The van der Waals surface area contributed by atoms with Crippen molar-refractivity contribution in [2.45, 2.75) is 13.3 Å². The summed E-state index contributed by atoms with van der Waals surface area (Å²) in [4.78, 5) is 5.34. The van der Waals surface area contributed by atoms with Crippen LogP contribution in [-0.4, -0.2) is 18.4 Å². The van der Waals surface area contributed by atoms with E-state index in [1.807, 2.05) is 0 Å². The van der Waals surface area contributed by atoms with Gasteiger partial charge in [-0.1, -0.05) is 171 Å². The quantitative estimate of drug-likeness (QED) is 0.158. The molecule has 4 heteroatoms. The maximum atomic E-state index is 5.34. The second-order valence-electron chi connectivity index (χ2n) is 18.8. The number of hydrogen-bond donors (Lipinski definition) is 0. The second kappa shape index (κ2) is 13.6. The summed E-state index contributed by atoms with van der Waals surface area (Å²) in [5.74, 6) is 1.05. The third kappa shape index (κ3) is 4.75. The highest BCUT2D eigenvalue weighted by Crippen LogP contribution is 2.51. The van der Waals surface area contributed by atoms with Gasteiger partial charge in [0.15, 0.2) is 0 Å². The van der Waals surface area contributed by atoms with Gasteiger partial charge in [-0.15, -0.1) is 0 Å². The molecule has 0 saturated carbocycles. The third-order valence-corrected chi connectivity index (χ3v) is 15.5. The first-order valence-electron chi connectivity index (χ1n) is 24.1. The van der Waals surface area contributed by atoms with Crippen molar-refractivity contribution in [2.24, 2.45) is 0 Å². The van der Waals surface area contributed by atoms with Crippen molar-refractivity contribution in [1.82, 2.24) is 18.4 Å². The van der Waals surface area contributed by atoms with Crippen LogP contribution in [0.5, 0.6) is 0 Å². The number of aryl methyl sites for hydroxylation is 1. The molecule has 0 N–H and O–H groups in total. The summed E-state index contributed by atoms with van der Waals surface area (Å²) in [7, 11) is 0. The molecule has 0 fully saturated rings. The standard InChI is InChI=1S/C65H40N4/c1-2-59-66-54-28-16-27-51(63(54)67(59)38-17-4-3-5-18-38)60-43-25-14-23-39(45-33-35-47-41-19-6-10-29-55(41)68-57-31-12-8-21-49(57)61(45)64(47)68)52(43)37-53-40(24-15-26-44(53)60)46-34-36-48-42-20-7-11-30-56(42)69-58-32-13-9-22-50(58)62(46)65(48)69/h3-37H,2H2,1H3. The Hall–Kier alpha value is -8.99. The van der Waals surface area contributed by atoms with Crippen LogP contribution in [0.4, 0.5) is 0 Å². The molecule has 0 unspecified atom stereocenters. The maximum Gasteiger partial charge on any atom is 0.114 e. The number of nitrogens with zero attached hydrogens (tertiary/aromatic N) is 4. The second-order valence-corrected chi connectivity index (χ2v) is 18.8. The van der Waals surface area contributed by atoms with E-state index in [1.165, 1.54) is 131 Å². The van der Waals surface area contributed by atoms with Crippen LogP contribution in [-0.2, 0) is 6.42 Å². The Balaban J connectivity index is 1.09. The van der Waals surface area contributed by atoms with E-state index in [2.05, 4.69) is 233 Å². The average Bonchev–Trinajstić information content (AvgIpc) is 4.22. The summed E-state index contributed by atoms with van der Waals surface area (Å²) in [5.41, 5.74) is 18.1. The lowest BCUT2D eigenvalue weighted by Crippen LogP contribution is -2.01. The molecule has 320 valence electrons. The summed E-state index contributed by atoms with van der Waals surface area (Å²) in [6.07, 6.45) is 0.806. The molecule has 0 aliphatic heterocycles. The van der Waals surface area contributed by atoms with Gasteiger partial charge in [0, 0.05) is 60.8 Å². The molecule has 0 bridgehead atoms. The molecule has 0 radical (unpaired) electrons. The van der Waals surface area contributed by atoms with E-state index in [1.54, 1.807) is 0 Å². The van der Waals surface area contributed by atoms with Gasteiger partial charge in [-0.3, -0.25) is 4.57 Å². The van der Waals surface area contributed by atoms with Crippen LogP contribution in [0.15, 0.2) is 212 Å². The van der Waals surface area contributed by atoms with Crippen molar-refractivity contribution in [1.29, 1.82) is 0 Å². The summed E-state index contributed by atoms with van der Waals surface area (Å²) in [6.45, 7) is 2.21. The van der Waals surface area contributed by atoms with Gasteiger partial charge >= 0.3 is 0 Å². The first-order chi connectivity index (χ1) is 34.2. The molecule has 0 saturated heterocycles. The summed E-state index contributed by atoms with van der Waals surface area (Å²) in [5, 5.41) is 15.1. The minimum atomic E-state index is 0.806. The Morgan fingerprint density at radius 1 is 0.333 bits per heavy atom. The van der Waals surface area contributed by atoms with Gasteiger partial charge in [-0.2, -0.15) is 0 Å². The van der Waals surface area contributed by atoms with E-state index in [0.29, 0.717) is 0 Å². The minimum absolute atomic E-state index is 0.806. The number of imidazole rings is 1. The van der Waals surface area contributed by atoms with Crippen LogP contribution in [0, 0.1) is 0 Å². The number of benzene rings is 11. The first-order valence-corrected chi connectivity index (χ1v) is 24.1. The summed E-state index contributed by atoms with van der Waals surface area (Å²) < 4.78 is 7.39. The SMILES string of the molecule is CCc1nc2cccc(-c3c4cccc(-c5ccc6c7ccccc7n7c8ccccc8c5c67)c4cc4c(-c5ccc6c7ccccc7n7c8ccccc8c5c67)cccc34)c2n1-c1ccccc1. The molecule has 69 heavy (non-hydrogen) atoms. The fraction of sp³-hybridized carbons (Fsp3) is 0.0308. The van der Waals surface area contributed by atoms with Gasteiger partial charge in [-0.25, -0.2) is 4.98 Å². The molecule has 5 aromatic heterocycles. The van der Waals surface area contributed by atoms with E-state index in [0.717, 1.165) is 29.0 Å². The van der Waals surface area contributed by atoms with E-state index in [9.17, 15) is 0 Å². The number of hydrogen-bond acceptors (Lipinski definition) is 1. The molecule has 5 heterocycles. The Labute approximate surface area is 395 Å². The van der Waals surface area contributed by atoms with Crippen molar-refractivity contribution in [2.75, 3.05) is 0 Å². The minimum Gasteiger partial charge on any atom is -0.308 e. The van der Waals surface area contributed by atoms with Gasteiger partial charge in [0.05, 0.1) is 44.1 Å². The van der Waals surface area contributed by atoms with Crippen LogP contribution >= 0.6 is 0 Å². The van der Waals surface area contributed by atoms with Gasteiger partial charge in [0.2, 0.25) is 0 Å². The number of aromatic nitrogens is 4. The normalized spacial score (nSPS) is 12.5. The maximum absolute atomic E-state index is 5.34. The molecule has 0 spiro atoms. The van der Waals surface area contributed by atoms with E-state index in [-0.39, 0.29) is 0 Å². The monoisotopic (exact) mass is 876 g/mol. The van der Waals surface area contributed by atoms with Crippen molar-refractivity contribution in [3.63, 3.8) is 0 Å². The molecule has 0 atom stereocenters. The zero-order valence-corrected chi connectivity index (χ0v) is 37.7. The van der Waals surface area contributed by atoms with Gasteiger partial charge in [0.1, 0.15) is 5.82 Å². The highest BCUT2D eigenvalue weighted by Gasteiger charge is 2.26. The van der Waals surface area contributed by atoms with Crippen LogP contribution in [0.2, 0.25) is 0 Å². The van der Waals surface area contributed by atoms with E-state index >= 15 is 0 Å². The third-order valence-electron chi connectivity index (χ3n) is 15.5. The Morgan fingerprint density at radius 2 is 0.783 bits per heavy atom. The molecular formula is C65H40N4. The lowest BCUT2D eigenvalue weighted by molar-refractivity contribution is 0.909. The zero-order valence-electron chi connectivity index (χ0n) is 37.7. The summed E-state index contributed by atoms with van der Waals surface area (Å²) in [6, 6.07) is 79.2. The molecular weight excluding hydrogens is 837 g/mol. The number of para-hydroxylation sites is 6. The van der Waals surface area contributed by atoms with Crippen molar-refractivity contribution in [3.8, 4) is 39.1 Å². The van der Waals surface area contributed by atoms with Gasteiger partial charge in [0.25, 0.3) is 0 Å². The summed E-state index contributed by atoms with van der Waals surface area (Å²) >= 11 is 0. The lowest BCUT2D eigenvalue weighted by atomic mass is 9.84. The largest absolute Gasteiger partial charge is 0.308 e. The Morgan fingerprint density at radius 3 is 1.32 bits per heavy atom. The van der Waals surface area contributed by atoms with Crippen LogP contribution in [0.3, 0.4) is 0 Å². The van der Waals surface area contributed by atoms with E-state index in [4.69, 9.17) is 4.98 Å². The van der Waals surface area contributed by atoms with Crippen molar-refractivity contribution < 1.29 is 0 Å². The Bertz CT molecular complexity index is 4570. The predicted molar refractivity (Wildman–Crippen MR) is 291 cm³/mol. The fourth-order valence-corrected chi connectivity index (χ4v) is 12.8. The van der Waals surface area contributed by atoms with Crippen LogP contribution < -0.4 is 0 Å². The molecule has 16 rings (SSSR count). The zero-order chi connectivity index (χ0) is 45.1. The molecule has 0 aliphatic rings. The van der Waals surface area contributed by atoms with Crippen molar-refractivity contribution in [3.05, 3.63) is 218 Å². The molecule has 4 nitrogen and oxygen atoms in total. The molecule has 0 aliphatic carbocycles. The number of fused-ring (bicyclic) bond motifs is 15. The Kier molecular flexibility index (Phi) is 7.30. The first kappa shape index (κ1) is 37.1. The molecule has 16 aromatic rings. The fourth-order valence-electron chi connectivity index (χ4n) is 12.8. The molecule has 11 aromatic carbocycles. The number of rotatable bonds is 5. The van der Waals surface area contributed by atoms with Gasteiger partial charge in [-0.05, 0) is 97.9 Å². The van der Waals surface area contributed by atoms with Crippen LogP contribution in [0.1, 0.15) is 12.7 Å². The van der Waals surface area contributed by atoms with E-state index < -0.39 is 0 Å².